The molecular formula is C21H18N2O5. The zero-order chi connectivity index (χ0) is 19.8. The molecule has 0 unspecified atom stereocenters. The number of nitrogens with one attached hydrogen (secondary N) is 1. The predicted octanol–water partition coefficient (Wildman–Crippen LogP) is 4.33. The maximum atomic E-state index is 12.3. The third kappa shape index (κ3) is 2.90. The number of carbonyl (C=O) groups is 1. The zero-order valence-corrected chi connectivity index (χ0v) is 15.1. The van der Waals surface area contributed by atoms with Gasteiger partial charge >= 0.3 is 5.69 Å². The van der Waals surface area contributed by atoms with Crippen molar-refractivity contribution in [2.45, 2.75) is 19.3 Å². The average Bonchev–Trinajstić information content (AvgIpc) is 2.68. The molecule has 142 valence electrons. The van der Waals surface area contributed by atoms with Crippen LogP contribution in [0.5, 0.6) is 11.5 Å². The summed E-state index contributed by atoms with van der Waals surface area (Å²) in [4.78, 5) is 23.1. The van der Waals surface area contributed by atoms with Crippen molar-refractivity contribution < 1.29 is 19.6 Å². The minimum Gasteiger partial charge on any atom is -0.500 e. The molecule has 0 saturated heterocycles. The number of anilines is 1. The van der Waals surface area contributed by atoms with Crippen LogP contribution < -0.4 is 10.1 Å². The summed E-state index contributed by atoms with van der Waals surface area (Å²) >= 11 is 0. The van der Waals surface area contributed by atoms with Crippen molar-refractivity contribution in [3.05, 3.63) is 69.8 Å². The molecule has 1 aliphatic heterocycles. The van der Waals surface area contributed by atoms with Crippen LogP contribution in [-0.4, -0.2) is 22.5 Å². The number of rotatable bonds is 4. The molecule has 1 heterocycles. The van der Waals surface area contributed by atoms with Gasteiger partial charge in [0.05, 0.1) is 11.5 Å². The number of phenols is 1. The fraction of sp³-hybridized carbons (Fsp3) is 0.190. The van der Waals surface area contributed by atoms with Crippen molar-refractivity contribution in [1.82, 2.24) is 0 Å². The minimum absolute atomic E-state index is 0.0412. The molecule has 0 aromatic heterocycles. The van der Waals surface area contributed by atoms with Crippen LogP contribution in [0.3, 0.4) is 0 Å². The lowest BCUT2D eigenvalue weighted by Crippen LogP contribution is -2.23. The lowest BCUT2D eigenvalue weighted by Gasteiger charge is -2.28. The van der Waals surface area contributed by atoms with Crippen LogP contribution in [-0.2, 0) is 4.79 Å². The van der Waals surface area contributed by atoms with E-state index in [0.717, 1.165) is 16.3 Å². The summed E-state index contributed by atoms with van der Waals surface area (Å²) < 4.78 is 5.41. The summed E-state index contributed by atoms with van der Waals surface area (Å²) in [7, 11) is 0. The first-order valence-corrected chi connectivity index (χ1v) is 8.95. The van der Waals surface area contributed by atoms with Crippen LogP contribution in [0, 0.1) is 10.1 Å². The maximum Gasteiger partial charge on any atom is 0.314 e. The molecule has 1 amide bonds. The second-order valence-electron chi connectivity index (χ2n) is 6.63. The Morgan fingerprint density at radius 1 is 1.25 bits per heavy atom. The molecule has 7 heteroatoms. The van der Waals surface area contributed by atoms with Gasteiger partial charge in [-0.05, 0) is 41.0 Å². The molecule has 4 rings (SSSR count). The molecule has 2 N–H and O–H groups in total. The third-order valence-corrected chi connectivity index (χ3v) is 4.96. The molecule has 7 nitrogen and oxygen atoms in total. The van der Waals surface area contributed by atoms with Gasteiger partial charge in [0.1, 0.15) is 0 Å². The number of fused-ring (bicyclic) bond motifs is 3. The molecule has 1 atom stereocenters. The summed E-state index contributed by atoms with van der Waals surface area (Å²) in [5.41, 5.74) is 1.71. The van der Waals surface area contributed by atoms with E-state index in [-0.39, 0.29) is 24.7 Å². The van der Waals surface area contributed by atoms with E-state index in [1.807, 2.05) is 36.4 Å². The summed E-state index contributed by atoms with van der Waals surface area (Å²) in [6.07, 6.45) is 0.147. The molecule has 0 aliphatic carbocycles. The topological polar surface area (TPSA) is 102 Å². The van der Waals surface area contributed by atoms with E-state index in [1.165, 1.54) is 6.07 Å². The number of hydrogen-bond acceptors (Lipinski definition) is 5. The van der Waals surface area contributed by atoms with Crippen molar-refractivity contribution in [3.63, 3.8) is 0 Å². The monoisotopic (exact) mass is 378 g/mol. The molecule has 0 saturated carbocycles. The Hall–Kier alpha value is -3.61. The molecular weight excluding hydrogens is 360 g/mol. The van der Waals surface area contributed by atoms with Crippen LogP contribution in [0.15, 0.2) is 48.5 Å². The highest BCUT2D eigenvalue weighted by molar-refractivity contribution is 6.01. The van der Waals surface area contributed by atoms with Gasteiger partial charge in [-0.2, -0.15) is 0 Å². The Bertz CT molecular complexity index is 1110. The van der Waals surface area contributed by atoms with Gasteiger partial charge in [0.15, 0.2) is 5.75 Å². The standard InChI is InChI=1S/C21H18N2O5/c1-2-28-18-10-13(9-17(21(18)25)23(26)27)15-11-19(24)22-16-8-7-12-5-3-4-6-14(12)20(15)16/h3-10,15,25H,2,11H2,1H3,(H,22,24)/t15-/m0/s1. The van der Waals surface area contributed by atoms with Crippen LogP contribution in [0.1, 0.15) is 30.4 Å². The van der Waals surface area contributed by atoms with Gasteiger partial charge in [-0.3, -0.25) is 14.9 Å². The van der Waals surface area contributed by atoms with Crippen molar-refractivity contribution in [2.24, 2.45) is 0 Å². The molecule has 3 aromatic carbocycles. The van der Waals surface area contributed by atoms with Crippen molar-refractivity contribution in [1.29, 1.82) is 0 Å². The predicted molar refractivity (Wildman–Crippen MR) is 105 cm³/mol. The largest absolute Gasteiger partial charge is 0.500 e. The van der Waals surface area contributed by atoms with Crippen molar-refractivity contribution in [2.75, 3.05) is 11.9 Å². The number of carbonyl (C=O) groups excluding carboxylic acids is 1. The van der Waals surface area contributed by atoms with Crippen LogP contribution in [0.4, 0.5) is 11.4 Å². The minimum atomic E-state index is -0.645. The van der Waals surface area contributed by atoms with E-state index >= 15 is 0 Å². The van der Waals surface area contributed by atoms with E-state index in [1.54, 1.807) is 13.0 Å². The van der Waals surface area contributed by atoms with Crippen LogP contribution in [0.25, 0.3) is 10.8 Å². The lowest BCUT2D eigenvalue weighted by molar-refractivity contribution is -0.386. The Morgan fingerprint density at radius 2 is 2.04 bits per heavy atom. The fourth-order valence-electron chi connectivity index (χ4n) is 3.77. The Morgan fingerprint density at radius 3 is 2.79 bits per heavy atom. The maximum absolute atomic E-state index is 12.3. The highest BCUT2D eigenvalue weighted by Gasteiger charge is 2.31. The number of nitro groups is 1. The van der Waals surface area contributed by atoms with Gasteiger partial charge in [0.25, 0.3) is 0 Å². The number of phenolic OH excluding ortho intramolecular Hbond substituents is 1. The first-order chi connectivity index (χ1) is 13.5. The smallest absolute Gasteiger partial charge is 0.314 e. The zero-order valence-electron chi connectivity index (χ0n) is 15.1. The molecule has 3 aromatic rings. The Labute approximate surface area is 160 Å². The Balaban J connectivity index is 1.97. The molecule has 28 heavy (non-hydrogen) atoms. The normalized spacial score (nSPS) is 15.8. The van der Waals surface area contributed by atoms with Gasteiger partial charge < -0.3 is 15.2 Å². The number of aromatic hydroxyl groups is 1. The first-order valence-electron chi connectivity index (χ1n) is 8.95. The molecule has 0 fully saturated rings. The third-order valence-electron chi connectivity index (χ3n) is 4.96. The van der Waals surface area contributed by atoms with Gasteiger partial charge in [0, 0.05) is 24.1 Å². The second kappa shape index (κ2) is 6.84. The van der Waals surface area contributed by atoms with Gasteiger partial charge in [-0.25, -0.2) is 0 Å². The van der Waals surface area contributed by atoms with E-state index < -0.39 is 22.3 Å². The number of ether oxygens (including phenoxy) is 1. The summed E-state index contributed by atoms with van der Waals surface area (Å²) in [5.74, 6) is -1.02. The SMILES string of the molecule is CCOc1cc([C@@H]2CC(=O)Nc3ccc4ccccc4c32)cc([N+](=O)[O-])c1O. The lowest BCUT2D eigenvalue weighted by atomic mass is 9.81. The molecule has 0 spiro atoms. The first kappa shape index (κ1) is 17.8. The number of hydrogen-bond donors (Lipinski definition) is 2. The number of benzene rings is 3. The van der Waals surface area contributed by atoms with Crippen LogP contribution >= 0.6 is 0 Å². The van der Waals surface area contributed by atoms with Gasteiger partial charge in [0.2, 0.25) is 11.7 Å². The number of nitro benzene ring substituents is 1. The number of amides is 1. The molecule has 1 aliphatic rings. The number of nitrogens with zero attached hydrogens (tertiary/aromatic N) is 1. The highest BCUT2D eigenvalue weighted by Crippen LogP contribution is 2.46. The van der Waals surface area contributed by atoms with Crippen molar-refractivity contribution in [3.8, 4) is 11.5 Å². The average molecular weight is 378 g/mol. The van der Waals surface area contributed by atoms with Gasteiger partial charge in [-0.1, -0.05) is 30.3 Å². The van der Waals surface area contributed by atoms with E-state index in [2.05, 4.69) is 5.32 Å². The van der Waals surface area contributed by atoms with Crippen molar-refractivity contribution >= 4 is 28.1 Å². The second-order valence-corrected chi connectivity index (χ2v) is 6.63. The Kier molecular flexibility index (Phi) is 4.35. The quantitative estimate of drug-likeness (QED) is 0.520. The molecule has 0 radical (unpaired) electrons. The molecule has 0 bridgehead atoms. The van der Waals surface area contributed by atoms with E-state index in [9.17, 15) is 20.0 Å². The summed E-state index contributed by atoms with van der Waals surface area (Å²) in [6.45, 7) is 1.98. The van der Waals surface area contributed by atoms with E-state index in [0.29, 0.717) is 11.3 Å². The summed E-state index contributed by atoms with van der Waals surface area (Å²) in [6, 6.07) is 14.5. The fourth-order valence-corrected chi connectivity index (χ4v) is 3.77. The van der Waals surface area contributed by atoms with Gasteiger partial charge in [-0.15, -0.1) is 0 Å². The van der Waals surface area contributed by atoms with Crippen LogP contribution in [0.2, 0.25) is 0 Å². The van der Waals surface area contributed by atoms with E-state index in [4.69, 9.17) is 4.74 Å². The summed E-state index contributed by atoms with van der Waals surface area (Å²) in [5, 5.41) is 26.5. The highest BCUT2D eigenvalue weighted by atomic mass is 16.6.